The van der Waals surface area contributed by atoms with E-state index in [1.54, 1.807) is 55.5 Å². The molecular weight excluding hydrogens is 569 g/mol. The van der Waals surface area contributed by atoms with Crippen molar-refractivity contribution in [3.8, 4) is 0 Å². The van der Waals surface area contributed by atoms with Crippen LogP contribution in [-0.2, 0) is 32.6 Å². The van der Waals surface area contributed by atoms with Crippen molar-refractivity contribution < 1.29 is 18.0 Å². The fourth-order valence-corrected chi connectivity index (χ4v) is 5.99. The van der Waals surface area contributed by atoms with Gasteiger partial charge in [-0.05, 0) is 61.2 Å². The fourth-order valence-electron chi connectivity index (χ4n) is 4.04. The molecule has 3 aromatic carbocycles. The number of amides is 2. The predicted molar refractivity (Wildman–Crippen MR) is 161 cm³/mol. The average Bonchev–Trinajstić information content (AvgIpc) is 2.94. The highest BCUT2D eigenvalue weighted by atomic mass is 35.5. The molecule has 3 rings (SSSR count). The molecule has 0 saturated heterocycles. The van der Waals surface area contributed by atoms with Crippen LogP contribution in [-0.4, -0.2) is 44.3 Å². The lowest BCUT2D eigenvalue weighted by Crippen LogP contribution is -2.51. The lowest BCUT2D eigenvalue weighted by atomic mass is 10.1. The van der Waals surface area contributed by atoms with Crippen LogP contribution >= 0.6 is 23.2 Å². The molecule has 0 radical (unpaired) electrons. The minimum absolute atomic E-state index is 0.0470. The van der Waals surface area contributed by atoms with Gasteiger partial charge in [0.2, 0.25) is 11.8 Å². The van der Waals surface area contributed by atoms with Gasteiger partial charge in [0.15, 0.2) is 0 Å². The standard InChI is InChI=1S/C30H35Cl2N3O4S/c1-5-23-14-16-24(17-15-23)35(40(38,39)25-10-7-6-8-11-25)20-29(36)34(22(4)30(37)33-18-21(2)3)19-26-27(31)12-9-13-28(26)32/h6-17,21-22H,5,18-20H2,1-4H3,(H,33,37)/t22-/m0/s1. The van der Waals surface area contributed by atoms with Gasteiger partial charge in [-0.25, -0.2) is 8.42 Å². The molecule has 214 valence electrons. The number of hydrogen-bond donors (Lipinski definition) is 1. The molecule has 0 spiro atoms. The highest BCUT2D eigenvalue weighted by Crippen LogP contribution is 2.28. The van der Waals surface area contributed by atoms with Crippen LogP contribution < -0.4 is 9.62 Å². The second-order valence-corrected chi connectivity index (χ2v) is 12.6. The Hall–Kier alpha value is -3.07. The SMILES string of the molecule is CCc1ccc(N(CC(=O)N(Cc2c(Cl)cccc2Cl)[C@@H](C)C(=O)NCC(C)C)S(=O)(=O)c2ccccc2)cc1. The average molecular weight is 605 g/mol. The van der Waals surface area contributed by atoms with Crippen molar-refractivity contribution in [2.24, 2.45) is 5.92 Å². The van der Waals surface area contributed by atoms with E-state index in [-0.39, 0.29) is 23.3 Å². The maximum atomic E-state index is 14.0. The molecule has 0 aliphatic rings. The van der Waals surface area contributed by atoms with E-state index in [2.05, 4.69) is 5.32 Å². The quantitative estimate of drug-likeness (QED) is 0.277. The van der Waals surface area contributed by atoms with Crippen molar-refractivity contribution in [1.82, 2.24) is 10.2 Å². The number of carbonyl (C=O) groups excluding carboxylic acids is 2. The summed E-state index contributed by atoms with van der Waals surface area (Å²) in [5.74, 6) is -0.742. The van der Waals surface area contributed by atoms with E-state index in [9.17, 15) is 18.0 Å². The summed E-state index contributed by atoms with van der Waals surface area (Å²) in [6.45, 7) is 7.34. The zero-order chi connectivity index (χ0) is 29.4. The third-order valence-corrected chi connectivity index (χ3v) is 8.98. The maximum Gasteiger partial charge on any atom is 0.264 e. The predicted octanol–water partition coefficient (Wildman–Crippen LogP) is 5.94. The summed E-state index contributed by atoms with van der Waals surface area (Å²) >= 11 is 12.8. The molecule has 0 aliphatic heterocycles. The Morgan fingerprint density at radius 2 is 1.48 bits per heavy atom. The molecule has 1 N–H and O–H groups in total. The van der Waals surface area contributed by atoms with Crippen LogP contribution in [0.5, 0.6) is 0 Å². The normalized spacial score (nSPS) is 12.2. The van der Waals surface area contributed by atoms with Crippen molar-refractivity contribution in [3.05, 3.63) is 94.0 Å². The van der Waals surface area contributed by atoms with Gasteiger partial charge in [0.05, 0.1) is 10.6 Å². The molecule has 7 nitrogen and oxygen atoms in total. The molecule has 0 aromatic heterocycles. The van der Waals surface area contributed by atoms with Gasteiger partial charge in [-0.2, -0.15) is 0 Å². The van der Waals surface area contributed by atoms with Crippen LogP contribution in [0.1, 0.15) is 38.8 Å². The molecule has 0 aliphatic carbocycles. The van der Waals surface area contributed by atoms with E-state index in [0.29, 0.717) is 27.8 Å². The zero-order valence-corrected chi connectivity index (χ0v) is 25.4. The molecule has 3 aromatic rings. The number of nitrogens with one attached hydrogen (secondary N) is 1. The van der Waals surface area contributed by atoms with Crippen LogP contribution in [0, 0.1) is 5.92 Å². The van der Waals surface area contributed by atoms with Crippen molar-refractivity contribution in [2.45, 2.75) is 51.6 Å². The van der Waals surface area contributed by atoms with Gasteiger partial charge in [-0.15, -0.1) is 0 Å². The Morgan fingerprint density at radius 1 is 0.875 bits per heavy atom. The zero-order valence-electron chi connectivity index (χ0n) is 23.1. The Labute approximate surface area is 247 Å². The molecule has 10 heteroatoms. The summed E-state index contributed by atoms with van der Waals surface area (Å²) in [4.78, 5) is 28.5. The molecule has 0 bridgehead atoms. The van der Waals surface area contributed by atoms with Gasteiger partial charge in [0.1, 0.15) is 12.6 Å². The first kappa shape index (κ1) is 31.5. The van der Waals surface area contributed by atoms with Crippen molar-refractivity contribution in [2.75, 3.05) is 17.4 Å². The van der Waals surface area contributed by atoms with E-state index in [4.69, 9.17) is 23.2 Å². The number of nitrogens with zero attached hydrogens (tertiary/aromatic N) is 2. The van der Waals surface area contributed by atoms with Crippen LogP contribution in [0.15, 0.2) is 77.7 Å². The number of rotatable bonds is 12. The van der Waals surface area contributed by atoms with Gasteiger partial charge < -0.3 is 10.2 Å². The molecule has 2 amide bonds. The molecule has 0 fully saturated rings. The highest BCUT2D eigenvalue weighted by molar-refractivity contribution is 7.92. The number of carbonyl (C=O) groups is 2. The van der Waals surface area contributed by atoms with Gasteiger partial charge in [0.25, 0.3) is 10.0 Å². The first-order chi connectivity index (χ1) is 18.9. The van der Waals surface area contributed by atoms with Crippen LogP contribution in [0.3, 0.4) is 0 Å². The number of halogens is 2. The minimum atomic E-state index is -4.13. The topological polar surface area (TPSA) is 86.8 Å². The lowest BCUT2D eigenvalue weighted by molar-refractivity contribution is -0.139. The largest absolute Gasteiger partial charge is 0.354 e. The van der Waals surface area contributed by atoms with Crippen molar-refractivity contribution >= 4 is 50.7 Å². The molecule has 0 saturated carbocycles. The summed E-state index contributed by atoms with van der Waals surface area (Å²) in [7, 11) is -4.13. The Morgan fingerprint density at radius 3 is 2.02 bits per heavy atom. The Balaban J connectivity index is 2.04. The van der Waals surface area contributed by atoms with Gasteiger partial charge in [-0.3, -0.25) is 13.9 Å². The number of anilines is 1. The number of hydrogen-bond acceptors (Lipinski definition) is 4. The molecular formula is C30H35Cl2N3O4S. The Kier molecular flexibility index (Phi) is 11.0. The van der Waals surface area contributed by atoms with Crippen molar-refractivity contribution in [3.63, 3.8) is 0 Å². The highest BCUT2D eigenvalue weighted by Gasteiger charge is 2.33. The summed E-state index contributed by atoms with van der Waals surface area (Å²) < 4.78 is 28.7. The second-order valence-electron chi connectivity index (χ2n) is 9.88. The lowest BCUT2D eigenvalue weighted by Gasteiger charge is -2.32. The summed E-state index contributed by atoms with van der Waals surface area (Å²) in [6.07, 6.45) is 0.778. The monoisotopic (exact) mass is 603 g/mol. The maximum absolute atomic E-state index is 14.0. The molecule has 1 atom stereocenters. The minimum Gasteiger partial charge on any atom is -0.354 e. The number of aryl methyl sites for hydroxylation is 1. The van der Waals surface area contributed by atoms with E-state index < -0.39 is 28.5 Å². The summed E-state index contributed by atoms with van der Waals surface area (Å²) in [6, 6.07) is 19.0. The van der Waals surface area contributed by atoms with E-state index >= 15 is 0 Å². The molecule has 0 unspecified atom stereocenters. The number of sulfonamides is 1. The van der Waals surface area contributed by atoms with Gasteiger partial charge >= 0.3 is 0 Å². The number of benzene rings is 3. The Bertz CT molecular complexity index is 1390. The van der Waals surface area contributed by atoms with E-state index in [1.807, 2.05) is 32.9 Å². The smallest absolute Gasteiger partial charge is 0.264 e. The van der Waals surface area contributed by atoms with E-state index in [1.165, 1.54) is 17.0 Å². The molecule has 40 heavy (non-hydrogen) atoms. The molecule has 0 heterocycles. The van der Waals surface area contributed by atoms with Crippen LogP contribution in [0.25, 0.3) is 0 Å². The van der Waals surface area contributed by atoms with Crippen LogP contribution in [0.4, 0.5) is 5.69 Å². The fraction of sp³-hybridized carbons (Fsp3) is 0.333. The van der Waals surface area contributed by atoms with E-state index in [0.717, 1.165) is 16.3 Å². The first-order valence-corrected chi connectivity index (χ1v) is 15.3. The van der Waals surface area contributed by atoms with Gasteiger partial charge in [0, 0.05) is 28.7 Å². The summed E-state index contributed by atoms with van der Waals surface area (Å²) in [5.41, 5.74) is 1.83. The summed E-state index contributed by atoms with van der Waals surface area (Å²) in [5, 5.41) is 3.53. The third kappa shape index (κ3) is 7.77. The van der Waals surface area contributed by atoms with Crippen LogP contribution in [0.2, 0.25) is 10.0 Å². The second kappa shape index (κ2) is 14.0. The van der Waals surface area contributed by atoms with Crippen molar-refractivity contribution in [1.29, 1.82) is 0 Å². The first-order valence-electron chi connectivity index (χ1n) is 13.1. The van der Waals surface area contributed by atoms with Gasteiger partial charge in [-0.1, -0.05) is 80.4 Å². The third-order valence-electron chi connectivity index (χ3n) is 6.48.